The van der Waals surface area contributed by atoms with E-state index in [-0.39, 0.29) is 41.2 Å². The minimum Gasteiger partial charge on any atom is -0.507 e. The number of para-hydroxylation sites is 1. The smallest absolute Gasteiger partial charge is 0.254 e. The van der Waals surface area contributed by atoms with Crippen molar-refractivity contribution in [3.05, 3.63) is 42.0 Å². The number of hydrogen-bond donors (Lipinski definition) is 1. The molecule has 22 heavy (non-hydrogen) atoms. The van der Waals surface area contributed by atoms with Gasteiger partial charge in [0.1, 0.15) is 5.75 Å². The molecule has 1 aliphatic heterocycles. The molecule has 0 spiro atoms. The van der Waals surface area contributed by atoms with Crippen LogP contribution in [0.4, 0.5) is 0 Å². The van der Waals surface area contributed by atoms with E-state index in [0.717, 1.165) is 17.9 Å². The quantitative estimate of drug-likeness (QED) is 0.515. The fourth-order valence-corrected chi connectivity index (χ4v) is 3.89. The van der Waals surface area contributed by atoms with Gasteiger partial charge in [0.25, 0.3) is 11.8 Å². The van der Waals surface area contributed by atoms with Crippen LogP contribution in [0.3, 0.4) is 0 Å². The molecule has 1 N–H and O–H groups in total. The van der Waals surface area contributed by atoms with Gasteiger partial charge >= 0.3 is 0 Å². The highest BCUT2D eigenvalue weighted by molar-refractivity contribution is 6.06. The highest BCUT2D eigenvalue weighted by atomic mass is 16.3. The van der Waals surface area contributed by atoms with Crippen molar-refractivity contribution < 1.29 is 14.7 Å². The maximum absolute atomic E-state index is 12.5. The molecule has 4 atom stereocenters. The van der Waals surface area contributed by atoms with Gasteiger partial charge in [0, 0.05) is 5.56 Å². The predicted octanol–water partition coefficient (Wildman–Crippen LogP) is 1.92. The number of amides is 2. The van der Waals surface area contributed by atoms with Crippen LogP contribution in [0.1, 0.15) is 18.4 Å². The molecule has 112 valence electrons. The SMILES string of the molecule is O=C1[C@H]2[C@H](C(=O)N1/N=C\c1ccccc1O)[C@H]1C=C[C@H]2CC1. The molecule has 1 aromatic rings. The van der Waals surface area contributed by atoms with E-state index in [4.69, 9.17) is 0 Å². The summed E-state index contributed by atoms with van der Waals surface area (Å²) in [5.41, 5.74) is 0.485. The van der Waals surface area contributed by atoms with Crippen molar-refractivity contribution in [3.63, 3.8) is 0 Å². The van der Waals surface area contributed by atoms with E-state index in [1.54, 1.807) is 24.3 Å². The van der Waals surface area contributed by atoms with Gasteiger partial charge in [-0.1, -0.05) is 24.3 Å². The summed E-state index contributed by atoms with van der Waals surface area (Å²) in [7, 11) is 0. The van der Waals surface area contributed by atoms with Crippen LogP contribution in [-0.2, 0) is 9.59 Å². The molecule has 1 saturated heterocycles. The maximum atomic E-state index is 12.5. The molecule has 2 amide bonds. The predicted molar refractivity (Wildman–Crippen MR) is 79.9 cm³/mol. The summed E-state index contributed by atoms with van der Waals surface area (Å²) < 4.78 is 0. The fourth-order valence-electron chi connectivity index (χ4n) is 3.89. The summed E-state index contributed by atoms with van der Waals surface area (Å²) in [6.07, 6.45) is 7.47. The number of hydrogen-bond acceptors (Lipinski definition) is 4. The van der Waals surface area contributed by atoms with Crippen molar-refractivity contribution >= 4 is 18.0 Å². The third-order valence-electron chi connectivity index (χ3n) is 4.99. The van der Waals surface area contributed by atoms with Crippen molar-refractivity contribution in [2.45, 2.75) is 12.8 Å². The molecule has 3 aliphatic carbocycles. The van der Waals surface area contributed by atoms with Crippen molar-refractivity contribution in [2.24, 2.45) is 28.8 Å². The lowest BCUT2D eigenvalue weighted by Crippen LogP contribution is -2.38. The van der Waals surface area contributed by atoms with Gasteiger partial charge in [-0.2, -0.15) is 10.1 Å². The van der Waals surface area contributed by atoms with E-state index in [9.17, 15) is 14.7 Å². The summed E-state index contributed by atoms with van der Waals surface area (Å²) in [6.45, 7) is 0. The van der Waals surface area contributed by atoms with E-state index in [2.05, 4.69) is 17.3 Å². The second-order valence-corrected chi connectivity index (χ2v) is 6.13. The number of hydrazone groups is 1. The van der Waals surface area contributed by atoms with Gasteiger partial charge < -0.3 is 5.11 Å². The van der Waals surface area contributed by atoms with Crippen molar-refractivity contribution in [1.82, 2.24) is 5.01 Å². The number of carbonyl (C=O) groups excluding carboxylic acids is 2. The Morgan fingerprint density at radius 3 is 2.18 bits per heavy atom. The van der Waals surface area contributed by atoms with Gasteiger partial charge in [-0.25, -0.2) is 0 Å². The van der Waals surface area contributed by atoms with Crippen LogP contribution in [0.5, 0.6) is 5.75 Å². The Bertz CT molecular complexity index is 678. The van der Waals surface area contributed by atoms with E-state index in [1.165, 1.54) is 6.21 Å². The molecule has 0 aromatic heterocycles. The number of rotatable bonds is 2. The van der Waals surface area contributed by atoms with Crippen molar-refractivity contribution in [1.29, 1.82) is 0 Å². The Morgan fingerprint density at radius 2 is 1.64 bits per heavy atom. The van der Waals surface area contributed by atoms with E-state index in [0.29, 0.717) is 5.56 Å². The molecule has 5 heteroatoms. The number of aromatic hydroxyl groups is 1. The summed E-state index contributed by atoms with van der Waals surface area (Å²) in [6, 6.07) is 6.69. The van der Waals surface area contributed by atoms with Crippen LogP contribution >= 0.6 is 0 Å². The van der Waals surface area contributed by atoms with Gasteiger partial charge in [-0.15, -0.1) is 0 Å². The highest BCUT2D eigenvalue weighted by Crippen LogP contribution is 2.49. The van der Waals surface area contributed by atoms with E-state index < -0.39 is 0 Å². The standard InChI is InChI=1S/C17H16N2O3/c20-13-4-2-1-3-12(13)9-18-19-16(21)14-10-5-6-11(8-7-10)15(14)17(19)22/h1-6,9-11,14-15,20H,7-8H2/b18-9-/t10-,11-,14+,15+/m0/s1. The van der Waals surface area contributed by atoms with Crippen LogP contribution in [0.15, 0.2) is 41.5 Å². The third-order valence-corrected chi connectivity index (χ3v) is 4.99. The van der Waals surface area contributed by atoms with Gasteiger partial charge in [0.15, 0.2) is 0 Å². The lowest BCUT2D eigenvalue weighted by molar-refractivity contribution is -0.140. The lowest BCUT2D eigenvalue weighted by atomic mass is 9.63. The van der Waals surface area contributed by atoms with E-state index in [1.807, 2.05) is 0 Å². The van der Waals surface area contributed by atoms with Crippen LogP contribution in [0, 0.1) is 23.7 Å². The number of carbonyl (C=O) groups is 2. The molecule has 5 nitrogen and oxygen atoms in total. The number of phenolic OH excluding ortho intramolecular Hbond substituents is 1. The molecule has 1 saturated carbocycles. The molecule has 4 aliphatic rings. The van der Waals surface area contributed by atoms with Gasteiger partial charge in [0.05, 0.1) is 18.1 Å². The van der Waals surface area contributed by atoms with Gasteiger partial charge in [-0.3, -0.25) is 9.59 Å². The zero-order valence-corrected chi connectivity index (χ0v) is 11.9. The monoisotopic (exact) mass is 296 g/mol. The average Bonchev–Trinajstić information content (AvgIpc) is 2.82. The Hall–Kier alpha value is -2.43. The molecular weight excluding hydrogens is 280 g/mol. The number of allylic oxidation sites excluding steroid dienone is 2. The zero-order chi connectivity index (χ0) is 15.3. The average molecular weight is 296 g/mol. The molecule has 1 heterocycles. The Labute approximate surface area is 127 Å². The van der Waals surface area contributed by atoms with Crippen molar-refractivity contribution in [3.8, 4) is 5.75 Å². The Balaban J connectivity index is 1.63. The molecule has 0 unspecified atom stereocenters. The fraction of sp³-hybridized carbons (Fsp3) is 0.353. The summed E-state index contributed by atoms with van der Waals surface area (Å²) in [5, 5.41) is 14.8. The minimum absolute atomic E-state index is 0.0736. The topological polar surface area (TPSA) is 70.0 Å². The number of imide groups is 1. The summed E-state index contributed by atoms with van der Waals surface area (Å²) in [4.78, 5) is 25.1. The Morgan fingerprint density at radius 1 is 1.05 bits per heavy atom. The molecule has 0 radical (unpaired) electrons. The Kier molecular flexibility index (Phi) is 2.89. The second-order valence-electron chi connectivity index (χ2n) is 6.13. The molecule has 5 rings (SSSR count). The first-order valence-electron chi connectivity index (χ1n) is 7.55. The first kappa shape index (κ1) is 13.2. The number of phenols is 1. The van der Waals surface area contributed by atoms with Crippen LogP contribution in [-0.4, -0.2) is 28.1 Å². The minimum atomic E-state index is -0.252. The van der Waals surface area contributed by atoms with E-state index >= 15 is 0 Å². The molecule has 1 aromatic carbocycles. The van der Waals surface area contributed by atoms with Crippen LogP contribution < -0.4 is 0 Å². The maximum Gasteiger partial charge on any atom is 0.254 e. The first-order chi connectivity index (χ1) is 10.7. The highest BCUT2D eigenvalue weighted by Gasteiger charge is 2.56. The number of fused-ring (bicyclic) bond motifs is 1. The largest absolute Gasteiger partial charge is 0.507 e. The van der Waals surface area contributed by atoms with Crippen molar-refractivity contribution in [2.75, 3.05) is 0 Å². The number of benzene rings is 1. The molecule has 2 fully saturated rings. The van der Waals surface area contributed by atoms with Crippen LogP contribution in [0.2, 0.25) is 0 Å². The lowest BCUT2D eigenvalue weighted by Gasteiger charge is -2.37. The van der Waals surface area contributed by atoms with Gasteiger partial charge in [0.2, 0.25) is 0 Å². The summed E-state index contributed by atoms with van der Waals surface area (Å²) >= 11 is 0. The van der Waals surface area contributed by atoms with Crippen LogP contribution in [0.25, 0.3) is 0 Å². The zero-order valence-electron chi connectivity index (χ0n) is 11.9. The molecular formula is C17H16N2O3. The molecule has 2 bridgehead atoms. The number of nitrogens with zero attached hydrogens (tertiary/aromatic N) is 2. The summed E-state index contributed by atoms with van der Waals surface area (Å²) in [5.74, 6) is -0.518. The third kappa shape index (κ3) is 1.81. The normalized spacial score (nSPS) is 33.0. The van der Waals surface area contributed by atoms with Gasteiger partial charge in [-0.05, 0) is 36.8 Å². The first-order valence-corrected chi connectivity index (χ1v) is 7.55. The second kappa shape index (κ2) is 4.80.